The number of anilines is 1. The molecule has 0 saturated heterocycles. The number of aromatic nitrogens is 3. The average molecular weight is 278 g/mol. The Morgan fingerprint density at radius 2 is 1.95 bits per heavy atom. The molecule has 1 heterocycles. The van der Waals surface area contributed by atoms with Gasteiger partial charge >= 0.3 is 0 Å². The van der Waals surface area contributed by atoms with Gasteiger partial charge in [0, 0.05) is 11.3 Å². The summed E-state index contributed by atoms with van der Waals surface area (Å²) in [6.45, 7) is 4.94. The van der Waals surface area contributed by atoms with Gasteiger partial charge in [0.15, 0.2) is 5.82 Å². The fourth-order valence-electron chi connectivity index (χ4n) is 2.33. The van der Waals surface area contributed by atoms with Gasteiger partial charge in [-0.25, -0.2) is 9.67 Å². The number of nitrogens with two attached hydrogens (primary N) is 1. The highest BCUT2D eigenvalue weighted by atomic mass is 15.3. The van der Waals surface area contributed by atoms with Gasteiger partial charge in [0.1, 0.15) is 6.33 Å². The molecule has 0 unspecified atom stereocenters. The van der Waals surface area contributed by atoms with E-state index in [1.807, 2.05) is 28.9 Å². The molecule has 0 aliphatic heterocycles. The van der Waals surface area contributed by atoms with Gasteiger partial charge in [-0.15, -0.1) is 0 Å². The number of nitrogens with zero attached hydrogens (tertiary/aromatic N) is 3. The van der Waals surface area contributed by atoms with Crippen LogP contribution in [-0.4, -0.2) is 14.8 Å². The first-order valence-electron chi connectivity index (χ1n) is 6.93. The molecule has 106 valence electrons. The lowest BCUT2D eigenvalue weighted by Gasteiger charge is -2.06. The van der Waals surface area contributed by atoms with Crippen LogP contribution in [0, 0.1) is 13.8 Å². The summed E-state index contributed by atoms with van der Waals surface area (Å²) in [5.74, 6) is 0.701. The molecule has 0 bridgehead atoms. The number of nitrogen functional groups attached to an aromatic ring is 1. The molecule has 0 aliphatic rings. The van der Waals surface area contributed by atoms with Crippen molar-refractivity contribution in [3.8, 4) is 11.4 Å². The van der Waals surface area contributed by atoms with E-state index in [9.17, 15) is 0 Å². The van der Waals surface area contributed by atoms with Gasteiger partial charge in [-0.3, -0.25) is 0 Å². The Labute approximate surface area is 124 Å². The fraction of sp³-hybridized carbons (Fsp3) is 0.176. The molecule has 2 N–H and O–H groups in total. The number of benzene rings is 2. The van der Waals surface area contributed by atoms with Gasteiger partial charge in [0.05, 0.1) is 6.54 Å². The first-order valence-corrected chi connectivity index (χ1v) is 6.93. The maximum absolute atomic E-state index is 5.80. The van der Waals surface area contributed by atoms with Crippen molar-refractivity contribution in [3.63, 3.8) is 0 Å². The van der Waals surface area contributed by atoms with Crippen LogP contribution in [0.2, 0.25) is 0 Å². The lowest BCUT2D eigenvalue weighted by molar-refractivity contribution is 0.683. The number of rotatable bonds is 3. The largest absolute Gasteiger partial charge is 0.399 e. The standard InChI is InChI=1S/C17H18N4/c1-12-6-7-13(2)15(8-12)10-21-11-19-17(20-21)14-4-3-5-16(18)9-14/h3-9,11H,10,18H2,1-2H3. The molecule has 0 fully saturated rings. The second kappa shape index (κ2) is 5.40. The second-order valence-corrected chi connectivity index (χ2v) is 5.32. The highest BCUT2D eigenvalue weighted by molar-refractivity contribution is 5.60. The van der Waals surface area contributed by atoms with Crippen LogP contribution in [0.3, 0.4) is 0 Å². The molecule has 3 aromatic rings. The third kappa shape index (κ3) is 2.94. The van der Waals surface area contributed by atoms with Crippen molar-refractivity contribution in [1.82, 2.24) is 14.8 Å². The Morgan fingerprint density at radius 1 is 1.10 bits per heavy atom. The monoisotopic (exact) mass is 278 g/mol. The van der Waals surface area contributed by atoms with Crippen LogP contribution in [0.25, 0.3) is 11.4 Å². The Kier molecular flexibility index (Phi) is 3.44. The molecule has 21 heavy (non-hydrogen) atoms. The highest BCUT2D eigenvalue weighted by Gasteiger charge is 2.06. The zero-order chi connectivity index (χ0) is 14.8. The molecule has 4 heteroatoms. The second-order valence-electron chi connectivity index (χ2n) is 5.32. The van der Waals surface area contributed by atoms with Gasteiger partial charge in [0.2, 0.25) is 0 Å². The summed E-state index contributed by atoms with van der Waals surface area (Å²) in [4.78, 5) is 4.37. The van der Waals surface area contributed by atoms with Crippen LogP contribution in [-0.2, 0) is 6.54 Å². The Balaban J connectivity index is 1.87. The Hall–Kier alpha value is -2.62. The molecule has 0 radical (unpaired) electrons. The van der Waals surface area contributed by atoms with Crippen LogP contribution in [0.15, 0.2) is 48.8 Å². The summed E-state index contributed by atoms with van der Waals surface area (Å²) in [5.41, 5.74) is 11.2. The molecule has 0 aliphatic carbocycles. The number of hydrogen-bond acceptors (Lipinski definition) is 3. The number of hydrogen-bond donors (Lipinski definition) is 1. The smallest absolute Gasteiger partial charge is 0.181 e. The predicted molar refractivity (Wildman–Crippen MR) is 84.9 cm³/mol. The van der Waals surface area contributed by atoms with Crippen molar-refractivity contribution in [3.05, 3.63) is 65.5 Å². The zero-order valence-electron chi connectivity index (χ0n) is 12.2. The minimum atomic E-state index is 0.701. The first-order chi connectivity index (χ1) is 10.1. The molecule has 0 atom stereocenters. The lowest BCUT2D eigenvalue weighted by Crippen LogP contribution is -2.02. The average Bonchev–Trinajstić information content (AvgIpc) is 2.91. The van der Waals surface area contributed by atoms with Crippen LogP contribution in [0.1, 0.15) is 16.7 Å². The summed E-state index contributed by atoms with van der Waals surface area (Å²) >= 11 is 0. The van der Waals surface area contributed by atoms with Gasteiger partial charge in [-0.05, 0) is 37.1 Å². The van der Waals surface area contributed by atoms with Gasteiger partial charge in [0.25, 0.3) is 0 Å². The van der Waals surface area contributed by atoms with Crippen molar-refractivity contribution in [1.29, 1.82) is 0 Å². The van der Waals surface area contributed by atoms with Gasteiger partial charge < -0.3 is 5.73 Å². The fourth-order valence-corrected chi connectivity index (χ4v) is 2.33. The van der Waals surface area contributed by atoms with E-state index in [-0.39, 0.29) is 0 Å². The van der Waals surface area contributed by atoms with Crippen LogP contribution >= 0.6 is 0 Å². The maximum atomic E-state index is 5.80. The van der Waals surface area contributed by atoms with E-state index in [1.54, 1.807) is 6.33 Å². The quantitative estimate of drug-likeness (QED) is 0.748. The normalized spacial score (nSPS) is 10.8. The van der Waals surface area contributed by atoms with E-state index in [1.165, 1.54) is 16.7 Å². The Bertz CT molecular complexity index is 774. The van der Waals surface area contributed by atoms with Crippen molar-refractivity contribution in [2.45, 2.75) is 20.4 Å². The Morgan fingerprint density at radius 3 is 2.76 bits per heavy atom. The van der Waals surface area contributed by atoms with E-state index in [2.05, 4.69) is 42.1 Å². The molecular weight excluding hydrogens is 260 g/mol. The minimum absolute atomic E-state index is 0.701. The van der Waals surface area contributed by atoms with Gasteiger partial charge in [-0.2, -0.15) is 5.10 Å². The molecule has 4 nitrogen and oxygen atoms in total. The molecule has 3 rings (SSSR count). The van der Waals surface area contributed by atoms with Crippen LogP contribution in [0.4, 0.5) is 5.69 Å². The topological polar surface area (TPSA) is 56.7 Å². The van der Waals surface area contributed by atoms with E-state index < -0.39 is 0 Å². The summed E-state index contributed by atoms with van der Waals surface area (Å²) in [5, 5.41) is 4.54. The molecule has 2 aromatic carbocycles. The molecule has 0 amide bonds. The molecular formula is C17H18N4. The van der Waals surface area contributed by atoms with E-state index >= 15 is 0 Å². The summed E-state index contributed by atoms with van der Waals surface area (Å²) in [7, 11) is 0. The first kappa shape index (κ1) is 13.4. The van der Waals surface area contributed by atoms with E-state index in [0.29, 0.717) is 5.82 Å². The number of aryl methyl sites for hydroxylation is 2. The third-order valence-electron chi connectivity index (χ3n) is 3.52. The zero-order valence-corrected chi connectivity index (χ0v) is 12.2. The minimum Gasteiger partial charge on any atom is -0.399 e. The molecule has 0 spiro atoms. The predicted octanol–water partition coefficient (Wildman–Crippen LogP) is 3.19. The van der Waals surface area contributed by atoms with Crippen molar-refractivity contribution < 1.29 is 0 Å². The SMILES string of the molecule is Cc1ccc(C)c(Cn2cnc(-c3cccc(N)c3)n2)c1. The summed E-state index contributed by atoms with van der Waals surface area (Å²) in [6.07, 6.45) is 1.76. The maximum Gasteiger partial charge on any atom is 0.181 e. The highest BCUT2D eigenvalue weighted by Crippen LogP contribution is 2.18. The van der Waals surface area contributed by atoms with Crippen LogP contribution < -0.4 is 5.73 Å². The van der Waals surface area contributed by atoms with E-state index in [4.69, 9.17) is 5.73 Å². The van der Waals surface area contributed by atoms with Crippen molar-refractivity contribution in [2.75, 3.05) is 5.73 Å². The van der Waals surface area contributed by atoms with Crippen LogP contribution in [0.5, 0.6) is 0 Å². The van der Waals surface area contributed by atoms with Gasteiger partial charge in [-0.1, -0.05) is 35.9 Å². The molecule has 1 aromatic heterocycles. The third-order valence-corrected chi connectivity index (χ3v) is 3.52. The van der Waals surface area contributed by atoms with E-state index in [0.717, 1.165) is 17.8 Å². The molecule has 0 saturated carbocycles. The summed E-state index contributed by atoms with van der Waals surface area (Å²) < 4.78 is 1.86. The lowest BCUT2D eigenvalue weighted by atomic mass is 10.1. The summed E-state index contributed by atoms with van der Waals surface area (Å²) in [6, 6.07) is 14.1. The van der Waals surface area contributed by atoms with Crippen molar-refractivity contribution in [2.24, 2.45) is 0 Å². The van der Waals surface area contributed by atoms with Crippen molar-refractivity contribution >= 4 is 5.69 Å².